The van der Waals surface area contributed by atoms with Crippen LogP contribution in [0.1, 0.15) is 33.4 Å². The largest absolute Gasteiger partial charge is 0.481 e. The molecule has 8 heteroatoms. The molecule has 0 aliphatic rings. The molecule has 0 amide bonds. The van der Waals surface area contributed by atoms with Crippen LogP contribution in [0.25, 0.3) is 0 Å². The summed E-state index contributed by atoms with van der Waals surface area (Å²) in [4.78, 5) is 15.1. The number of aromatic nitrogens is 1. The van der Waals surface area contributed by atoms with E-state index in [1.54, 1.807) is 19.2 Å². The van der Waals surface area contributed by atoms with Crippen LogP contribution in [-0.4, -0.2) is 30.2 Å². The maximum absolute atomic E-state index is 11.7. The number of carboxylic acid groups (broad SMARTS) is 1. The lowest BCUT2D eigenvalue weighted by molar-refractivity contribution is -0.142. The van der Waals surface area contributed by atoms with E-state index >= 15 is 0 Å². The summed E-state index contributed by atoms with van der Waals surface area (Å²) < 4.78 is 25.9. The Morgan fingerprint density at radius 1 is 1.53 bits per heavy atom. The van der Waals surface area contributed by atoms with Gasteiger partial charge >= 0.3 is 5.97 Å². The standard InChI is InChI=1S/C11H18N2O4S2/c1-7(2)6-19(16,17)13-10-12-8(5-18-10)11(3,4)9(14)15/h5,7H,6H2,1-4H3,(H,12,13)(H,14,15). The zero-order valence-corrected chi connectivity index (χ0v) is 12.9. The molecule has 0 saturated heterocycles. The minimum atomic E-state index is -3.44. The predicted molar refractivity (Wildman–Crippen MR) is 75.0 cm³/mol. The van der Waals surface area contributed by atoms with Crippen LogP contribution in [0.4, 0.5) is 5.13 Å². The van der Waals surface area contributed by atoms with E-state index in [4.69, 9.17) is 5.11 Å². The smallest absolute Gasteiger partial charge is 0.315 e. The summed E-state index contributed by atoms with van der Waals surface area (Å²) >= 11 is 1.08. The van der Waals surface area contributed by atoms with Gasteiger partial charge in [-0.2, -0.15) is 0 Å². The number of anilines is 1. The maximum Gasteiger partial charge on any atom is 0.315 e. The van der Waals surface area contributed by atoms with Crippen molar-refractivity contribution in [2.45, 2.75) is 33.1 Å². The molecule has 0 atom stereocenters. The van der Waals surface area contributed by atoms with Gasteiger partial charge in [-0.15, -0.1) is 11.3 Å². The molecule has 0 bridgehead atoms. The number of hydrogen-bond donors (Lipinski definition) is 2. The summed E-state index contributed by atoms with van der Waals surface area (Å²) in [7, 11) is -3.44. The van der Waals surface area contributed by atoms with Crippen molar-refractivity contribution in [3.05, 3.63) is 11.1 Å². The van der Waals surface area contributed by atoms with E-state index in [-0.39, 0.29) is 16.8 Å². The van der Waals surface area contributed by atoms with Gasteiger partial charge in [0.2, 0.25) is 10.0 Å². The second-order valence-electron chi connectivity index (χ2n) is 5.25. The van der Waals surface area contributed by atoms with Gasteiger partial charge in [0.1, 0.15) is 5.41 Å². The minimum Gasteiger partial charge on any atom is -0.481 e. The van der Waals surface area contributed by atoms with Gasteiger partial charge in [0.05, 0.1) is 11.4 Å². The van der Waals surface area contributed by atoms with Crippen LogP contribution >= 0.6 is 11.3 Å². The summed E-state index contributed by atoms with van der Waals surface area (Å²) in [6.07, 6.45) is 0. The molecular formula is C11H18N2O4S2. The topological polar surface area (TPSA) is 96.4 Å². The zero-order valence-electron chi connectivity index (χ0n) is 11.3. The average Bonchev–Trinajstić information content (AvgIpc) is 2.62. The Balaban J connectivity index is 2.90. The maximum atomic E-state index is 11.7. The second-order valence-corrected chi connectivity index (χ2v) is 7.87. The fourth-order valence-electron chi connectivity index (χ4n) is 1.33. The molecule has 1 aromatic rings. The summed E-state index contributed by atoms with van der Waals surface area (Å²) in [6.45, 7) is 6.66. The fourth-order valence-corrected chi connectivity index (χ4v) is 3.90. The van der Waals surface area contributed by atoms with Gasteiger partial charge in [-0.1, -0.05) is 13.8 Å². The highest BCUT2D eigenvalue weighted by atomic mass is 32.2. The highest BCUT2D eigenvalue weighted by molar-refractivity contribution is 7.92. The third-order valence-electron chi connectivity index (χ3n) is 2.47. The van der Waals surface area contributed by atoms with Crippen LogP contribution in [0.15, 0.2) is 5.38 Å². The van der Waals surface area contributed by atoms with Crippen molar-refractivity contribution < 1.29 is 18.3 Å². The zero-order chi connectivity index (χ0) is 14.8. The number of thiazole rings is 1. The van der Waals surface area contributed by atoms with Gasteiger partial charge in [0, 0.05) is 5.38 Å². The number of nitrogens with zero attached hydrogens (tertiary/aromatic N) is 1. The first-order chi connectivity index (χ1) is 8.54. The highest BCUT2D eigenvalue weighted by Crippen LogP contribution is 2.27. The van der Waals surface area contributed by atoms with Crippen LogP contribution in [-0.2, 0) is 20.2 Å². The minimum absolute atomic E-state index is 0.00420. The molecule has 108 valence electrons. The van der Waals surface area contributed by atoms with E-state index in [0.29, 0.717) is 5.69 Å². The van der Waals surface area contributed by atoms with Crippen molar-refractivity contribution in [2.24, 2.45) is 5.92 Å². The van der Waals surface area contributed by atoms with Crippen molar-refractivity contribution in [3.8, 4) is 0 Å². The number of sulfonamides is 1. The number of nitrogens with one attached hydrogen (secondary N) is 1. The second kappa shape index (κ2) is 5.46. The number of aliphatic carboxylic acids is 1. The van der Waals surface area contributed by atoms with Crippen molar-refractivity contribution in [1.82, 2.24) is 4.98 Å². The summed E-state index contributed by atoms with van der Waals surface area (Å²) in [5.41, 5.74) is -0.801. The van der Waals surface area contributed by atoms with Crippen LogP contribution in [0.5, 0.6) is 0 Å². The first-order valence-corrected chi connectivity index (χ1v) is 8.27. The molecule has 6 nitrogen and oxygen atoms in total. The van der Waals surface area contributed by atoms with Crippen molar-refractivity contribution >= 4 is 32.5 Å². The number of carbonyl (C=O) groups is 1. The van der Waals surface area contributed by atoms with E-state index in [1.165, 1.54) is 13.8 Å². The Labute approximate surface area is 116 Å². The monoisotopic (exact) mass is 306 g/mol. The van der Waals surface area contributed by atoms with Gasteiger partial charge < -0.3 is 5.11 Å². The normalized spacial score (nSPS) is 12.7. The Morgan fingerprint density at radius 2 is 2.11 bits per heavy atom. The van der Waals surface area contributed by atoms with Gasteiger partial charge in [0.15, 0.2) is 5.13 Å². The van der Waals surface area contributed by atoms with E-state index in [1.807, 2.05) is 0 Å². The van der Waals surface area contributed by atoms with Gasteiger partial charge in [-0.25, -0.2) is 13.4 Å². The van der Waals surface area contributed by atoms with E-state index in [0.717, 1.165) is 11.3 Å². The van der Waals surface area contributed by atoms with Gasteiger partial charge in [0.25, 0.3) is 0 Å². The molecule has 1 rings (SSSR count). The Kier molecular flexibility index (Phi) is 4.57. The molecule has 0 aromatic carbocycles. The lowest BCUT2D eigenvalue weighted by atomic mass is 9.91. The van der Waals surface area contributed by atoms with Gasteiger partial charge in [-0.3, -0.25) is 9.52 Å². The molecule has 0 aliphatic carbocycles. The third-order valence-corrected chi connectivity index (χ3v) is 4.97. The fraction of sp³-hybridized carbons (Fsp3) is 0.636. The van der Waals surface area contributed by atoms with Crippen molar-refractivity contribution in [1.29, 1.82) is 0 Å². The Hall–Kier alpha value is -1.15. The molecule has 0 spiro atoms. The molecule has 0 fully saturated rings. The van der Waals surface area contributed by atoms with Crippen LogP contribution < -0.4 is 4.72 Å². The molecule has 0 aliphatic heterocycles. The first-order valence-electron chi connectivity index (χ1n) is 5.74. The van der Waals surface area contributed by atoms with Crippen molar-refractivity contribution in [2.75, 3.05) is 10.5 Å². The molecule has 0 saturated carbocycles. The first kappa shape index (κ1) is 15.9. The molecule has 1 aromatic heterocycles. The predicted octanol–water partition coefficient (Wildman–Crippen LogP) is 1.90. The average molecular weight is 306 g/mol. The molecular weight excluding hydrogens is 288 g/mol. The molecule has 2 N–H and O–H groups in total. The SMILES string of the molecule is CC(C)CS(=O)(=O)Nc1nc(C(C)(C)C(=O)O)cs1. The van der Waals surface area contributed by atoms with E-state index < -0.39 is 21.4 Å². The third kappa shape index (κ3) is 4.17. The van der Waals surface area contributed by atoms with Crippen molar-refractivity contribution in [3.63, 3.8) is 0 Å². The summed E-state index contributed by atoms with van der Waals surface area (Å²) in [5.74, 6) is -0.994. The molecule has 0 radical (unpaired) electrons. The number of carboxylic acids is 1. The lowest BCUT2D eigenvalue weighted by Gasteiger charge is -2.15. The Bertz CT molecular complexity index is 561. The molecule has 1 heterocycles. The van der Waals surface area contributed by atoms with Crippen LogP contribution in [0.3, 0.4) is 0 Å². The van der Waals surface area contributed by atoms with Crippen LogP contribution in [0.2, 0.25) is 0 Å². The molecule has 19 heavy (non-hydrogen) atoms. The Morgan fingerprint density at radius 3 is 2.58 bits per heavy atom. The highest BCUT2D eigenvalue weighted by Gasteiger charge is 2.32. The van der Waals surface area contributed by atoms with Gasteiger partial charge in [-0.05, 0) is 19.8 Å². The van der Waals surface area contributed by atoms with E-state index in [9.17, 15) is 13.2 Å². The molecule has 0 unspecified atom stereocenters. The quantitative estimate of drug-likeness (QED) is 0.836. The number of rotatable bonds is 6. The van der Waals surface area contributed by atoms with E-state index in [2.05, 4.69) is 9.71 Å². The van der Waals surface area contributed by atoms with Crippen LogP contribution in [0, 0.1) is 5.92 Å². The summed E-state index contributed by atoms with van der Waals surface area (Å²) in [5, 5.41) is 10.8. The summed E-state index contributed by atoms with van der Waals surface area (Å²) in [6, 6.07) is 0. The number of hydrogen-bond acceptors (Lipinski definition) is 5. The lowest BCUT2D eigenvalue weighted by Crippen LogP contribution is -2.29.